The van der Waals surface area contributed by atoms with Gasteiger partial charge < -0.3 is 11.1 Å². The van der Waals surface area contributed by atoms with E-state index in [0.29, 0.717) is 10.6 Å². The number of nitrogens with zero attached hydrogens (tertiary/aromatic N) is 1. The number of fused-ring (bicyclic) bond motifs is 1. The second-order valence-corrected chi connectivity index (χ2v) is 4.99. The molecule has 0 aliphatic rings. The van der Waals surface area contributed by atoms with E-state index < -0.39 is 0 Å². The number of hydrogen-bond acceptors (Lipinski definition) is 4. The maximum atomic E-state index is 11.9. The summed E-state index contributed by atoms with van der Waals surface area (Å²) in [5, 5.41) is 3.47. The normalized spacial score (nSPS) is 10.3. The predicted octanol–water partition coefficient (Wildman–Crippen LogP) is 1.86. The Morgan fingerprint density at radius 1 is 1.61 bits per heavy atom. The van der Waals surface area contributed by atoms with E-state index in [1.165, 1.54) is 11.3 Å². The number of carbonyl (C=O) groups is 1. The second kappa shape index (κ2) is 4.67. The van der Waals surface area contributed by atoms with Crippen LogP contribution in [0.5, 0.6) is 0 Å². The van der Waals surface area contributed by atoms with Crippen molar-refractivity contribution < 1.29 is 4.79 Å². The molecule has 0 unspecified atom stereocenters. The number of amides is 1. The third-order valence-electron chi connectivity index (χ3n) is 2.58. The van der Waals surface area contributed by atoms with E-state index in [9.17, 15) is 4.79 Å². The van der Waals surface area contributed by atoms with E-state index in [-0.39, 0.29) is 12.5 Å². The van der Waals surface area contributed by atoms with Gasteiger partial charge >= 0.3 is 0 Å². The van der Waals surface area contributed by atoms with Gasteiger partial charge in [-0.15, -0.1) is 17.8 Å². The van der Waals surface area contributed by atoms with Crippen molar-refractivity contribution in [1.29, 1.82) is 0 Å². The van der Waals surface area contributed by atoms with E-state index in [2.05, 4.69) is 16.2 Å². The standard InChI is InChI=1S/C13H13N3OS/c1-4-5-15-12(17)11-10(14)9-7(2)6-8(3)16-13(9)18-11/h1,6H,5,14H2,2-3H3,(H,15,17). The molecule has 5 heteroatoms. The van der Waals surface area contributed by atoms with Crippen molar-refractivity contribution in [2.24, 2.45) is 0 Å². The Labute approximate surface area is 109 Å². The number of aryl methyl sites for hydroxylation is 2. The lowest BCUT2D eigenvalue weighted by Gasteiger charge is -2.01. The monoisotopic (exact) mass is 259 g/mol. The summed E-state index contributed by atoms with van der Waals surface area (Å²) < 4.78 is 0. The Balaban J connectivity index is 2.54. The van der Waals surface area contributed by atoms with Crippen molar-refractivity contribution in [1.82, 2.24) is 10.3 Å². The van der Waals surface area contributed by atoms with Crippen molar-refractivity contribution in [3.8, 4) is 12.3 Å². The molecule has 2 aromatic rings. The van der Waals surface area contributed by atoms with Crippen molar-refractivity contribution in [3.05, 3.63) is 22.2 Å². The van der Waals surface area contributed by atoms with Crippen LogP contribution in [0.1, 0.15) is 20.9 Å². The van der Waals surface area contributed by atoms with Crippen LogP contribution in [0.4, 0.5) is 5.69 Å². The molecule has 0 bridgehead atoms. The number of terminal acetylenes is 1. The number of aromatic nitrogens is 1. The van der Waals surface area contributed by atoms with Crippen LogP contribution < -0.4 is 11.1 Å². The molecule has 0 saturated heterocycles. The van der Waals surface area contributed by atoms with Crippen LogP contribution in [0.3, 0.4) is 0 Å². The summed E-state index contributed by atoms with van der Waals surface area (Å²) >= 11 is 1.29. The molecule has 0 atom stereocenters. The minimum atomic E-state index is -0.245. The molecule has 3 N–H and O–H groups in total. The Kier molecular flexibility index (Phi) is 3.21. The zero-order valence-corrected chi connectivity index (χ0v) is 11.0. The first kappa shape index (κ1) is 12.4. The molecular formula is C13H13N3OS. The summed E-state index contributed by atoms with van der Waals surface area (Å²) in [6.07, 6.45) is 5.11. The van der Waals surface area contributed by atoms with Crippen LogP contribution in [0.2, 0.25) is 0 Å². The lowest BCUT2D eigenvalue weighted by atomic mass is 10.1. The SMILES string of the molecule is C#CCNC(=O)c1sc2nc(C)cc(C)c2c1N. The average molecular weight is 259 g/mol. The van der Waals surface area contributed by atoms with Crippen molar-refractivity contribution in [2.75, 3.05) is 12.3 Å². The lowest BCUT2D eigenvalue weighted by molar-refractivity contribution is 0.0963. The molecule has 0 fully saturated rings. The van der Waals surface area contributed by atoms with Gasteiger partial charge in [-0.05, 0) is 25.5 Å². The number of nitrogens with two attached hydrogens (primary N) is 1. The fraction of sp³-hybridized carbons (Fsp3) is 0.231. The van der Waals surface area contributed by atoms with E-state index >= 15 is 0 Å². The molecule has 2 rings (SSSR count). The van der Waals surface area contributed by atoms with Gasteiger partial charge in [0.25, 0.3) is 5.91 Å². The zero-order valence-electron chi connectivity index (χ0n) is 10.2. The average Bonchev–Trinajstić information content (AvgIpc) is 2.63. The summed E-state index contributed by atoms with van der Waals surface area (Å²) in [5.41, 5.74) is 8.45. The summed E-state index contributed by atoms with van der Waals surface area (Å²) in [6, 6.07) is 1.95. The molecule has 0 aliphatic carbocycles. The highest BCUT2D eigenvalue weighted by Crippen LogP contribution is 2.34. The Morgan fingerprint density at radius 2 is 2.33 bits per heavy atom. The van der Waals surface area contributed by atoms with Gasteiger partial charge in [0.15, 0.2) is 0 Å². The Bertz CT molecular complexity index is 667. The topological polar surface area (TPSA) is 68.0 Å². The minimum Gasteiger partial charge on any atom is -0.397 e. The maximum absolute atomic E-state index is 11.9. The molecule has 2 aromatic heterocycles. The molecule has 0 saturated carbocycles. The number of hydrogen-bond donors (Lipinski definition) is 2. The van der Waals surface area contributed by atoms with Crippen molar-refractivity contribution in [3.63, 3.8) is 0 Å². The first-order valence-corrected chi connectivity index (χ1v) is 6.24. The highest BCUT2D eigenvalue weighted by atomic mass is 32.1. The minimum absolute atomic E-state index is 0.192. The number of rotatable bonds is 2. The van der Waals surface area contributed by atoms with Crippen LogP contribution in [0.15, 0.2) is 6.07 Å². The van der Waals surface area contributed by atoms with Crippen molar-refractivity contribution in [2.45, 2.75) is 13.8 Å². The van der Waals surface area contributed by atoms with Crippen LogP contribution in [-0.4, -0.2) is 17.4 Å². The van der Waals surface area contributed by atoms with Gasteiger partial charge in [0, 0.05) is 11.1 Å². The molecule has 0 aliphatic heterocycles. The second-order valence-electron chi connectivity index (χ2n) is 3.99. The first-order chi connectivity index (χ1) is 8.54. The molecular weight excluding hydrogens is 246 g/mol. The van der Waals surface area contributed by atoms with Gasteiger partial charge in [0.05, 0.1) is 12.2 Å². The number of nitrogen functional groups attached to an aromatic ring is 1. The summed E-state index contributed by atoms with van der Waals surface area (Å²) in [5.74, 6) is 2.11. The number of thiophene rings is 1. The third kappa shape index (κ3) is 2.03. The maximum Gasteiger partial charge on any atom is 0.264 e. The number of nitrogens with one attached hydrogen (secondary N) is 1. The fourth-order valence-corrected chi connectivity index (χ4v) is 2.98. The van der Waals surface area contributed by atoms with Gasteiger partial charge in [0.1, 0.15) is 9.71 Å². The van der Waals surface area contributed by atoms with Crippen molar-refractivity contribution >= 4 is 33.1 Å². The largest absolute Gasteiger partial charge is 0.397 e. The Hall–Kier alpha value is -2.06. The zero-order chi connectivity index (χ0) is 13.3. The highest BCUT2D eigenvalue weighted by Gasteiger charge is 2.18. The molecule has 0 aromatic carbocycles. The van der Waals surface area contributed by atoms with E-state index in [1.54, 1.807) is 0 Å². The van der Waals surface area contributed by atoms with Gasteiger partial charge in [-0.1, -0.05) is 5.92 Å². The summed E-state index contributed by atoms with van der Waals surface area (Å²) in [6.45, 7) is 4.07. The molecule has 2 heterocycles. The van der Waals surface area contributed by atoms with Crippen LogP contribution in [0, 0.1) is 26.2 Å². The molecule has 4 nitrogen and oxygen atoms in total. The predicted molar refractivity (Wildman–Crippen MR) is 74.7 cm³/mol. The van der Waals surface area contributed by atoms with Gasteiger partial charge in [-0.3, -0.25) is 4.79 Å². The summed E-state index contributed by atoms with van der Waals surface area (Å²) in [4.78, 5) is 17.5. The van der Waals surface area contributed by atoms with Gasteiger partial charge in [-0.25, -0.2) is 4.98 Å². The number of anilines is 1. The smallest absolute Gasteiger partial charge is 0.264 e. The molecule has 1 amide bonds. The number of pyridine rings is 1. The van der Waals surface area contributed by atoms with E-state index in [1.807, 2.05) is 19.9 Å². The fourth-order valence-electron chi connectivity index (χ4n) is 1.85. The summed E-state index contributed by atoms with van der Waals surface area (Å²) in [7, 11) is 0. The van der Waals surface area contributed by atoms with E-state index in [4.69, 9.17) is 12.2 Å². The Morgan fingerprint density at radius 3 is 3.00 bits per heavy atom. The number of carbonyl (C=O) groups excluding carboxylic acids is 1. The quantitative estimate of drug-likeness (QED) is 0.809. The van der Waals surface area contributed by atoms with Crippen LogP contribution >= 0.6 is 11.3 Å². The molecule has 18 heavy (non-hydrogen) atoms. The first-order valence-electron chi connectivity index (χ1n) is 5.42. The van der Waals surface area contributed by atoms with Gasteiger partial charge in [-0.2, -0.15) is 0 Å². The lowest BCUT2D eigenvalue weighted by Crippen LogP contribution is -2.23. The highest BCUT2D eigenvalue weighted by molar-refractivity contribution is 7.21. The molecule has 0 radical (unpaired) electrons. The molecule has 92 valence electrons. The van der Waals surface area contributed by atoms with E-state index in [0.717, 1.165) is 21.5 Å². The third-order valence-corrected chi connectivity index (χ3v) is 3.68. The van der Waals surface area contributed by atoms with Gasteiger partial charge in [0.2, 0.25) is 0 Å². The van der Waals surface area contributed by atoms with Crippen LogP contribution in [0.25, 0.3) is 10.2 Å². The molecule has 0 spiro atoms. The van der Waals surface area contributed by atoms with Crippen LogP contribution in [-0.2, 0) is 0 Å².